The minimum absolute atomic E-state index is 0.0910. The minimum atomic E-state index is -0.562. The fourth-order valence-electron chi connectivity index (χ4n) is 1.02. The molecule has 0 aromatic carbocycles. The number of aliphatic hydroxyl groups is 1. The van der Waals surface area contributed by atoms with Crippen molar-refractivity contribution in [3.63, 3.8) is 0 Å². The molecule has 24 heavy (non-hydrogen) atoms. The van der Waals surface area contributed by atoms with Gasteiger partial charge in [-0.05, 0) is 20.3 Å². The van der Waals surface area contributed by atoms with Gasteiger partial charge >= 0.3 is 0 Å². The lowest BCUT2D eigenvalue weighted by molar-refractivity contribution is -0.126. The third-order valence-corrected chi connectivity index (χ3v) is 1.80. The molecular formula is C15H30N2O7. The summed E-state index contributed by atoms with van der Waals surface area (Å²) in [5.41, 5.74) is 9.27. The Kier molecular flexibility index (Phi) is 23.8. The molecule has 9 nitrogen and oxygen atoms in total. The SMILES string of the molecule is CC(=O)CC(N)=O.CC(=O)CC(N)=O.CCCOCCOCCO. The highest BCUT2D eigenvalue weighted by Crippen LogP contribution is 1.80. The van der Waals surface area contributed by atoms with Crippen LogP contribution in [-0.2, 0) is 28.7 Å². The Hall–Kier alpha value is -1.84. The molecule has 0 atom stereocenters. The summed E-state index contributed by atoms with van der Waals surface area (Å²) in [5.74, 6) is -1.50. The van der Waals surface area contributed by atoms with Crippen molar-refractivity contribution in [3.8, 4) is 0 Å². The number of hydrogen-bond acceptors (Lipinski definition) is 7. The highest BCUT2D eigenvalue weighted by atomic mass is 16.5. The van der Waals surface area contributed by atoms with Gasteiger partial charge < -0.3 is 26.0 Å². The number of ketones is 2. The van der Waals surface area contributed by atoms with Crippen molar-refractivity contribution >= 4 is 23.4 Å². The molecule has 0 aliphatic carbocycles. The molecular weight excluding hydrogens is 320 g/mol. The predicted octanol–water partition coefficient (Wildman–Crippen LogP) is -0.676. The second-order valence-electron chi connectivity index (χ2n) is 4.64. The van der Waals surface area contributed by atoms with E-state index in [0.717, 1.165) is 13.0 Å². The lowest BCUT2D eigenvalue weighted by Gasteiger charge is -2.02. The van der Waals surface area contributed by atoms with Crippen LogP contribution >= 0.6 is 0 Å². The third kappa shape index (κ3) is 42.7. The first-order valence-corrected chi connectivity index (χ1v) is 7.49. The van der Waals surface area contributed by atoms with Gasteiger partial charge in [0.25, 0.3) is 0 Å². The fourth-order valence-corrected chi connectivity index (χ4v) is 1.02. The zero-order valence-corrected chi connectivity index (χ0v) is 14.7. The van der Waals surface area contributed by atoms with Gasteiger partial charge in [-0.25, -0.2) is 0 Å². The van der Waals surface area contributed by atoms with Crippen molar-refractivity contribution in [3.05, 3.63) is 0 Å². The summed E-state index contributed by atoms with van der Waals surface area (Å²) < 4.78 is 10.1. The van der Waals surface area contributed by atoms with E-state index in [1.54, 1.807) is 0 Å². The highest BCUT2D eigenvalue weighted by molar-refractivity contribution is 5.96. The number of ether oxygens (including phenoxy) is 2. The second-order valence-corrected chi connectivity index (χ2v) is 4.64. The van der Waals surface area contributed by atoms with E-state index in [-0.39, 0.29) is 31.0 Å². The summed E-state index contributed by atoms with van der Waals surface area (Å²) in [6, 6.07) is 0. The van der Waals surface area contributed by atoms with Crippen molar-refractivity contribution in [2.75, 3.05) is 33.0 Å². The van der Waals surface area contributed by atoms with Crippen molar-refractivity contribution in [1.82, 2.24) is 0 Å². The molecule has 0 heterocycles. The Balaban J connectivity index is -0.000000283. The number of carbonyl (C=O) groups excluding carboxylic acids is 4. The summed E-state index contributed by atoms with van der Waals surface area (Å²) in [5, 5.41) is 8.30. The minimum Gasteiger partial charge on any atom is -0.394 e. The lowest BCUT2D eigenvalue weighted by atomic mass is 10.3. The van der Waals surface area contributed by atoms with Gasteiger partial charge in [-0.1, -0.05) is 6.92 Å². The molecule has 0 saturated carbocycles. The summed E-state index contributed by atoms with van der Waals surface area (Å²) in [4.78, 5) is 39.5. The van der Waals surface area contributed by atoms with E-state index in [4.69, 9.17) is 14.6 Å². The molecule has 0 spiro atoms. The molecule has 0 fully saturated rings. The molecule has 142 valence electrons. The van der Waals surface area contributed by atoms with Crippen LogP contribution in [0, 0.1) is 0 Å². The van der Waals surface area contributed by atoms with Gasteiger partial charge in [-0.15, -0.1) is 0 Å². The van der Waals surface area contributed by atoms with Gasteiger partial charge in [-0.2, -0.15) is 0 Å². The number of primary amides is 2. The van der Waals surface area contributed by atoms with Crippen molar-refractivity contribution < 1.29 is 33.8 Å². The van der Waals surface area contributed by atoms with Crippen LogP contribution in [0.5, 0.6) is 0 Å². The summed E-state index contributed by atoms with van der Waals surface area (Å²) in [6.07, 6.45) is 0.764. The maximum Gasteiger partial charge on any atom is 0.224 e. The molecule has 0 aliphatic rings. The lowest BCUT2D eigenvalue weighted by Crippen LogP contribution is -2.13. The van der Waals surface area contributed by atoms with E-state index in [9.17, 15) is 19.2 Å². The number of amides is 2. The smallest absolute Gasteiger partial charge is 0.224 e. The van der Waals surface area contributed by atoms with Crippen LogP contribution in [-0.4, -0.2) is 61.5 Å². The van der Waals surface area contributed by atoms with Gasteiger partial charge in [0.05, 0.1) is 39.3 Å². The molecule has 0 bridgehead atoms. The Morgan fingerprint density at radius 1 is 0.792 bits per heavy atom. The largest absolute Gasteiger partial charge is 0.394 e. The number of aliphatic hydroxyl groups excluding tert-OH is 1. The average molecular weight is 350 g/mol. The Morgan fingerprint density at radius 3 is 1.38 bits per heavy atom. The topological polar surface area (TPSA) is 159 Å². The molecule has 0 aromatic rings. The standard InChI is InChI=1S/C7H16O3.2C4H7NO2/c1-2-4-9-6-7-10-5-3-8;2*1-3(6)2-4(5)7/h8H,2-7H2,1H3;2*2H2,1H3,(H2,5,7). The molecule has 0 saturated heterocycles. The molecule has 5 N–H and O–H groups in total. The van der Waals surface area contributed by atoms with Gasteiger partial charge in [0.15, 0.2) is 0 Å². The first-order valence-electron chi connectivity index (χ1n) is 7.49. The maximum absolute atomic E-state index is 9.95. The number of carbonyl (C=O) groups is 4. The van der Waals surface area contributed by atoms with Crippen LogP contribution in [0.1, 0.15) is 40.0 Å². The van der Waals surface area contributed by atoms with E-state index in [1.165, 1.54) is 13.8 Å². The third-order valence-electron chi connectivity index (χ3n) is 1.80. The number of rotatable bonds is 11. The van der Waals surface area contributed by atoms with Crippen molar-refractivity contribution in [2.45, 2.75) is 40.0 Å². The van der Waals surface area contributed by atoms with Gasteiger partial charge in [0.1, 0.15) is 11.6 Å². The molecule has 9 heteroatoms. The predicted molar refractivity (Wildman–Crippen MR) is 88.0 cm³/mol. The van der Waals surface area contributed by atoms with Crippen LogP contribution in [0.15, 0.2) is 0 Å². The van der Waals surface area contributed by atoms with Gasteiger partial charge in [0.2, 0.25) is 11.8 Å². The van der Waals surface area contributed by atoms with Crippen LogP contribution in [0.25, 0.3) is 0 Å². The highest BCUT2D eigenvalue weighted by Gasteiger charge is 1.96. The molecule has 0 rings (SSSR count). The fraction of sp³-hybridized carbons (Fsp3) is 0.733. The summed E-state index contributed by atoms with van der Waals surface area (Å²) in [7, 11) is 0. The summed E-state index contributed by atoms with van der Waals surface area (Å²) in [6.45, 7) is 7.23. The van der Waals surface area contributed by atoms with E-state index in [0.29, 0.717) is 19.8 Å². The van der Waals surface area contributed by atoms with E-state index in [2.05, 4.69) is 18.4 Å². The van der Waals surface area contributed by atoms with Crippen LogP contribution in [0.3, 0.4) is 0 Å². The van der Waals surface area contributed by atoms with E-state index >= 15 is 0 Å². The first-order chi connectivity index (χ1) is 11.2. The van der Waals surface area contributed by atoms with E-state index < -0.39 is 11.8 Å². The second kappa shape index (κ2) is 21.2. The monoisotopic (exact) mass is 350 g/mol. The zero-order chi connectivity index (χ0) is 19.4. The quantitative estimate of drug-likeness (QED) is 0.329. The van der Waals surface area contributed by atoms with Gasteiger partial charge in [0, 0.05) is 6.61 Å². The van der Waals surface area contributed by atoms with E-state index in [1.807, 2.05) is 0 Å². The molecule has 0 unspecified atom stereocenters. The first kappa shape index (κ1) is 27.0. The number of hydrogen-bond donors (Lipinski definition) is 3. The molecule has 2 amide bonds. The van der Waals surface area contributed by atoms with Crippen molar-refractivity contribution in [1.29, 1.82) is 0 Å². The van der Waals surface area contributed by atoms with Crippen LogP contribution in [0.2, 0.25) is 0 Å². The summed E-state index contributed by atoms with van der Waals surface area (Å²) >= 11 is 0. The Morgan fingerprint density at radius 2 is 1.17 bits per heavy atom. The molecule has 0 aliphatic heterocycles. The molecule has 0 radical (unpaired) electrons. The van der Waals surface area contributed by atoms with Crippen molar-refractivity contribution in [2.24, 2.45) is 11.5 Å². The zero-order valence-electron chi connectivity index (χ0n) is 14.7. The Bertz CT molecular complexity index is 302. The number of Topliss-reactive ketones (excluding diaryl/α,β-unsaturated/α-hetero) is 2. The molecule has 0 aromatic heterocycles. The van der Waals surface area contributed by atoms with Gasteiger partial charge in [-0.3, -0.25) is 19.2 Å². The normalized spacial score (nSPS) is 9.00. The average Bonchev–Trinajstić information content (AvgIpc) is 2.41. The Labute approximate surface area is 142 Å². The van der Waals surface area contributed by atoms with Crippen LogP contribution in [0.4, 0.5) is 0 Å². The maximum atomic E-state index is 9.95. The number of nitrogens with two attached hydrogens (primary N) is 2. The van der Waals surface area contributed by atoms with Crippen LogP contribution < -0.4 is 11.5 Å².